The van der Waals surface area contributed by atoms with Crippen LogP contribution in [0.3, 0.4) is 0 Å². The number of halogens is 4. The van der Waals surface area contributed by atoms with Crippen LogP contribution in [0.25, 0.3) is 22.0 Å². The maximum absolute atomic E-state index is 14.8. The number of alkyl halides is 1. The van der Waals surface area contributed by atoms with Crippen LogP contribution in [0, 0.1) is 5.82 Å². The molecule has 5 rings (SSSR count). The van der Waals surface area contributed by atoms with Crippen molar-refractivity contribution in [2.24, 2.45) is 0 Å². The van der Waals surface area contributed by atoms with E-state index in [1.807, 2.05) is 19.0 Å². The first-order valence-corrected chi connectivity index (χ1v) is 12.6. The van der Waals surface area contributed by atoms with E-state index in [1.165, 1.54) is 17.1 Å². The number of aromatic nitrogens is 4. The van der Waals surface area contributed by atoms with E-state index in [-0.39, 0.29) is 30.4 Å². The van der Waals surface area contributed by atoms with Crippen molar-refractivity contribution < 1.29 is 18.3 Å². The number of esters is 1. The standard InChI is InChI=1S/C26H25Cl2F2N5O2/c1-4-37-26(36)25(24-21-8-16(29)11-34(21)13-31-24)35-12-18-19(27)9-17(22(28)23(18)32-35)14-5-6-15(10-33(2)3)20(30)7-14/h5-7,9,12-13,16,25H,4,8,10-11H2,1-3H3/t16-,25-/m1/s1. The second-order valence-electron chi connectivity index (χ2n) is 9.32. The first-order chi connectivity index (χ1) is 17.7. The third kappa shape index (κ3) is 4.71. The number of rotatable bonds is 7. The molecule has 37 heavy (non-hydrogen) atoms. The van der Waals surface area contributed by atoms with Gasteiger partial charge in [-0.05, 0) is 38.7 Å². The van der Waals surface area contributed by atoms with Crippen molar-refractivity contribution in [3.63, 3.8) is 0 Å². The fraction of sp³-hybridized carbons (Fsp3) is 0.346. The third-order valence-electron chi connectivity index (χ3n) is 6.38. The summed E-state index contributed by atoms with van der Waals surface area (Å²) in [6.07, 6.45) is 2.22. The second kappa shape index (κ2) is 10.0. The molecule has 0 aliphatic carbocycles. The minimum Gasteiger partial charge on any atom is -0.464 e. The highest BCUT2D eigenvalue weighted by Crippen LogP contribution is 2.39. The van der Waals surface area contributed by atoms with Crippen LogP contribution in [0.5, 0.6) is 0 Å². The van der Waals surface area contributed by atoms with Crippen LogP contribution in [-0.2, 0) is 29.0 Å². The summed E-state index contributed by atoms with van der Waals surface area (Å²) >= 11 is 13.4. The van der Waals surface area contributed by atoms with Gasteiger partial charge in [0.1, 0.15) is 17.5 Å². The van der Waals surface area contributed by atoms with Crippen LogP contribution in [0.2, 0.25) is 10.0 Å². The van der Waals surface area contributed by atoms with Crippen LogP contribution < -0.4 is 0 Å². The van der Waals surface area contributed by atoms with Gasteiger partial charge in [-0.15, -0.1) is 0 Å². The third-order valence-corrected chi connectivity index (χ3v) is 7.07. The molecule has 1 aliphatic heterocycles. The van der Waals surface area contributed by atoms with Crippen molar-refractivity contribution in [3.05, 3.63) is 69.6 Å². The second-order valence-corrected chi connectivity index (χ2v) is 10.1. The molecule has 0 N–H and O–H groups in total. The molecule has 2 aromatic heterocycles. The highest BCUT2D eigenvalue weighted by atomic mass is 35.5. The van der Waals surface area contributed by atoms with Gasteiger partial charge >= 0.3 is 5.97 Å². The van der Waals surface area contributed by atoms with Gasteiger partial charge in [0, 0.05) is 41.4 Å². The van der Waals surface area contributed by atoms with E-state index in [2.05, 4.69) is 10.1 Å². The number of fused-ring (bicyclic) bond motifs is 2. The molecule has 2 atom stereocenters. The van der Waals surface area contributed by atoms with Gasteiger partial charge in [-0.2, -0.15) is 5.10 Å². The molecule has 7 nitrogen and oxygen atoms in total. The minimum atomic E-state index is -1.05. The first kappa shape index (κ1) is 25.6. The number of hydrogen-bond donors (Lipinski definition) is 0. The lowest BCUT2D eigenvalue weighted by Crippen LogP contribution is -2.25. The van der Waals surface area contributed by atoms with Gasteiger partial charge in [0.15, 0.2) is 6.04 Å². The Labute approximate surface area is 222 Å². The molecule has 0 fully saturated rings. The number of ether oxygens (including phenoxy) is 1. The smallest absolute Gasteiger partial charge is 0.337 e. The highest BCUT2D eigenvalue weighted by Gasteiger charge is 2.35. The Morgan fingerprint density at radius 2 is 2.08 bits per heavy atom. The van der Waals surface area contributed by atoms with E-state index in [4.69, 9.17) is 27.9 Å². The molecule has 0 radical (unpaired) electrons. The molecule has 194 valence electrons. The van der Waals surface area contributed by atoms with Gasteiger partial charge < -0.3 is 14.2 Å². The molecule has 0 saturated heterocycles. The van der Waals surface area contributed by atoms with Crippen LogP contribution >= 0.6 is 23.2 Å². The van der Waals surface area contributed by atoms with Gasteiger partial charge in [-0.1, -0.05) is 35.3 Å². The molecule has 0 bridgehead atoms. The van der Waals surface area contributed by atoms with Crippen LogP contribution in [0.15, 0.2) is 36.8 Å². The lowest BCUT2D eigenvalue weighted by Gasteiger charge is -2.15. The molecule has 0 unspecified atom stereocenters. The molecule has 0 amide bonds. The molecular weight excluding hydrogens is 523 g/mol. The van der Waals surface area contributed by atoms with Gasteiger partial charge in [0.2, 0.25) is 0 Å². The SMILES string of the molecule is CCOC(=O)[C@@H](c1ncn2c1C[C@@H](F)C2)n1cc2c(Cl)cc(-c3ccc(CN(C)C)c(F)c3)c(Cl)c2n1. The zero-order chi connectivity index (χ0) is 26.4. The predicted molar refractivity (Wildman–Crippen MR) is 138 cm³/mol. The average Bonchev–Trinajstić information content (AvgIpc) is 3.53. The van der Waals surface area contributed by atoms with Gasteiger partial charge in [-0.25, -0.2) is 18.6 Å². The quantitative estimate of drug-likeness (QED) is 0.288. The topological polar surface area (TPSA) is 65.2 Å². The van der Waals surface area contributed by atoms with Crippen molar-refractivity contribution in [3.8, 4) is 11.1 Å². The Bertz CT molecular complexity index is 1500. The summed E-state index contributed by atoms with van der Waals surface area (Å²) in [4.78, 5) is 19.3. The van der Waals surface area contributed by atoms with Crippen LogP contribution in [-0.4, -0.2) is 57.1 Å². The van der Waals surface area contributed by atoms with E-state index in [9.17, 15) is 13.6 Å². The highest BCUT2D eigenvalue weighted by molar-refractivity contribution is 6.42. The number of carbonyl (C=O) groups is 1. The number of carbonyl (C=O) groups excluding carboxylic acids is 1. The summed E-state index contributed by atoms with van der Waals surface area (Å²) < 4.78 is 37.3. The largest absolute Gasteiger partial charge is 0.464 e. The Kier molecular flexibility index (Phi) is 6.95. The summed E-state index contributed by atoms with van der Waals surface area (Å²) in [6, 6.07) is 5.52. The molecule has 11 heteroatoms. The maximum Gasteiger partial charge on any atom is 0.337 e. The molecular formula is C26H25Cl2F2N5O2. The number of nitrogens with zero attached hydrogens (tertiary/aromatic N) is 5. The fourth-order valence-corrected chi connectivity index (χ4v) is 5.29. The summed E-state index contributed by atoms with van der Waals surface area (Å²) in [7, 11) is 3.73. The van der Waals surface area contributed by atoms with Gasteiger partial charge in [0.05, 0.1) is 35.2 Å². The Morgan fingerprint density at radius 1 is 1.30 bits per heavy atom. The molecule has 3 heterocycles. The normalized spacial score (nSPS) is 15.9. The Balaban J connectivity index is 1.61. The Morgan fingerprint density at radius 3 is 2.78 bits per heavy atom. The molecule has 0 saturated carbocycles. The lowest BCUT2D eigenvalue weighted by molar-refractivity contribution is -0.146. The predicted octanol–water partition coefficient (Wildman–Crippen LogP) is 5.45. The zero-order valence-electron chi connectivity index (χ0n) is 20.5. The maximum atomic E-state index is 14.8. The molecule has 1 aliphatic rings. The van der Waals surface area contributed by atoms with E-state index in [1.54, 1.807) is 35.9 Å². The van der Waals surface area contributed by atoms with Gasteiger partial charge in [-0.3, -0.25) is 4.68 Å². The summed E-state index contributed by atoms with van der Waals surface area (Å²) in [5.41, 5.74) is 2.95. The average molecular weight is 548 g/mol. The van der Waals surface area contributed by atoms with E-state index >= 15 is 0 Å². The van der Waals surface area contributed by atoms with Crippen molar-refractivity contribution >= 4 is 40.1 Å². The lowest BCUT2D eigenvalue weighted by atomic mass is 10.0. The van der Waals surface area contributed by atoms with E-state index in [0.717, 1.165) is 0 Å². The van der Waals surface area contributed by atoms with Crippen molar-refractivity contribution in [1.82, 2.24) is 24.2 Å². The Hall–Kier alpha value is -3.01. The van der Waals surface area contributed by atoms with Crippen molar-refractivity contribution in [2.45, 2.75) is 38.6 Å². The summed E-state index contributed by atoms with van der Waals surface area (Å²) in [6.45, 7) is 2.50. The monoisotopic (exact) mass is 547 g/mol. The van der Waals surface area contributed by atoms with Crippen LogP contribution in [0.4, 0.5) is 8.78 Å². The number of imidazole rings is 1. The number of benzene rings is 2. The minimum absolute atomic E-state index is 0.146. The van der Waals surface area contributed by atoms with Gasteiger partial charge in [0.25, 0.3) is 0 Å². The van der Waals surface area contributed by atoms with E-state index < -0.39 is 18.2 Å². The van der Waals surface area contributed by atoms with Crippen LogP contribution in [0.1, 0.15) is 29.9 Å². The molecule has 2 aromatic carbocycles. The first-order valence-electron chi connectivity index (χ1n) is 11.8. The van der Waals surface area contributed by atoms with E-state index in [0.29, 0.717) is 50.5 Å². The molecule has 0 spiro atoms. The summed E-state index contributed by atoms with van der Waals surface area (Å²) in [5, 5.41) is 5.70. The zero-order valence-corrected chi connectivity index (χ0v) is 22.0. The van der Waals surface area contributed by atoms with Crippen molar-refractivity contribution in [1.29, 1.82) is 0 Å². The fourth-order valence-electron chi connectivity index (χ4n) is 4.73. The number of hydrogen-bond acceptors (Lipinski definition) is 5. The summed E-state index contributed by atoms with van der Waals surface area (Å²) in [5.74, 6) is -0.934. The van der Waals surface area contributed by atoms with Crippen molar-refractivity contribution in [2.75, 3.05) is 20.7 Å². The molecule has 4 aromatic rings.